The van der Waals surface area contributed by atoms with E-state index >= 15 is 0 Å². The Morgan fingerprint density at radius 1 is 0.971 bits per heavy atom. The van der Waals surface area contributed by atoms with Gasteiger partial charge in [-0.2, -0.15) is 13.2 Å². The lowest BCUT2D eigenvalue weighted by atomic mass is 10.1. The fourth-order valence-electron chi connectivity index (χ4n) is 2.89. The van der Waals surface area contributed by atoms with Crippen molar-refractivity contribution in [1.82, 2.24) is 4.98 Å². The van der Waals surface area contributed by atoms with Gasteiger partial charge < -0.3 is 15.4 Å². The molecule has 1 heterocycles. The molecule has 0 spiro atoms. The summed E-state index contributed by atoms with van der Waals surface area (Å²) in [5.41, 5.74) is -1.23. The van der Waals surface area contributed by atoms with Crippen LogP contribution in [0.1, 0.15) is 34.6 Å². The summed E-state index contributed by atoms with van der Waals surface area (Å²) >= 11 is 5.62. The van der Waals surface area contributed by atoms with Crippen LogP contribution in [0.25, 0.3) is 0 Å². The van der Waals surface area contributed by atoms with E-state index in [1.54, 1.807) is 18.2 Å². The largest absolute Gasteiger partial charge is 0.443 e. The highest BCUT2D eigenvalue weighted by atomic mass is 35.5. The first-order chi connectivity index (χ1) is 16.0. The molecule has 7 nitrogen and oxygen atoms in total. The van der Waals surface area contributed by atoms with Gasteiger partial charge in [0, 0.05) is 18.2 Å². The number of nitrogens with zero attached hydrogens (tertiary/aromatic N) is 1. The number of alkyl halides is 3. The quantitative estimate of drug-likeness (QED) is 0.459. The summed E-state index contributed by atoms with van der Waals surface area (Å²) in [5.74, 6) is -2.18. The van der Waals surface area contributed by atoms with Crippen LogP contribution < -0.4 is 10.6 Å². The van der Waals surface area contributed by atoms with Crippen molar-refractivity contribution in [1.29, 1.82) is 0 Å². The van der Waals surface area contributed by atoms with Crippen LogP contribution in [0, 0.1) is 0 Å². The Morgan fingerprint density at radius 3 is 2.32 bits per heavy atom. The van der Waals surface area contributed by atoms with Gasteiger partial charge >= 0.3 is 12.1 Å². The van der Waals surface area contributed by atoms with E-state index in [4.69, 9.17) is 16.3 Å². The maximum atomic E-state index is 13.2. The molecule has 0 aliphatic rings. The lowest BCUT2D eigenvalue weighted by Crippen LogP contribution is -2.26. The summed E-state index contributed by atoms with van der Waals surface area (Å²) in [6.07, 6.45) is -6.24. The number of amides is 2. The SMILES string of the molecule is CC(=O)Nc1cccc(C(=O)O[C@H](C(=O)Nc2ccc(Cl)c(C(F)(F)F)c2)c2ccccc2)n1. The number of carbonyl (C=O) groups is 3. The third-order valence-electron chi connectivity index (χ3n) is 4.37. The molecule has 2 aromatic carbocycles. The van der Waals surface area contributed by atoms with E-state index in [0.29, 0.717) is 6.07 Å². The van der Waals surface area contributed by atoms with Crippen LogP contribution in [0.5, 0.6) is 0 Å². The highest BCUT2D eigenvalue weighted by Crippen LogP contribution is 2.36. The summed E-state index contributed by atoms with van der Waals surface area (Å²) in [4.78, 5) is 40.9. The van der Waals surface area contributed by atoms with Crippen molar-refractivity contribution in [2.24, 2.45) is 0 Å². The van der Waals surface area contributed by atoms with Crippen LogP contribution in [0.2, 0.25) is 5.02 Å². The molecule has 0 fully saturated rings. The van der Waals surface area contributed by atoms with Crippen LogP contribution in [-0.4, -0.2) is 22.8 Å². The van der Waals surface area contributed by atoms with Gasteiger partial charge in [-0.3, -0.25) is 9.59 Å². The first-order valence-electron chi connectivity index (χ1n) is 9.73. The molecule has 0 radical (unpaired) electrons. The maximum Gasteiger partial charge on any atom is 0.417 e. The lowest BCUT2D eigenvalue weighted by Gasteiger charge is -2.19. The van der Waals surface area contributed by atoms with E-state index in [0.717, 1.165) is 6.07 Å². The first kappa shape index (κ1) is 24.7. The molecule has 34 heavy (non-hydrogen) atoms. The number of pyridine rings is 1. The predicted molar refractivity (Wildman–Crippen MR) is 118 cm³/mol. The van der Waals surface area contributed by atoms with E-state index in [1.807, 2.05) is 0 Å². The Kier molecular flexibility index (Phi) is 7.52. The second kappa shape index (κ2) is 10.3. The van der Waals surface area contributed by atoms with Crippen LogP contribution >= 0.6 is 11.6 Å². The minimum atomic E-state index is -4.73. The van der Waals surface area contributed by atoms with E-state index < -0.39 is 40.7 Å². The van der Waals surface area contributed by atoms with Gasteiger partial charge in [0.2, 0.25) is 12.0 Å². The molecule has 0 bridgehead atoms. The fourth-order valence-corrected chi connectivity index (χ4v) is 3.12. The fraction of sp³-hybridized carbons (Fsp3) is 0.130. The van der Waals surface area contributed by atoms with Crippen molar-refractivity contribution in [3.05, 3.63) is 88.6 Å². The van der Waals surface area contributed by atoms with Gasteiger partial charge in [0.15, 0.2) is 5.69 Å². The van der Waals surface area contributed by atoms with Gasteiger partial charge in [0.1, 0.15) is 5.82 Å². The zero-order chi connectivity index (χ0) is 24.9. The van der Waals surface area contributed by atoms with Crippen molar-refractivity contribution in [2.75, 3.05) is 10.6 Å². The van der Waals surface area contributed by atoms with Crippen molar-refractivity contribution >= 4 is 40.9 Å². The summed E-state index contributed by atoms with van der Waals surface area (Å²) < 4.78 is 44.8. The predicted octanol–water partition coefficient (Wildman–Crippen LogP) is 5.25. The van der Waals surface area contributed by atoms with E-state index in [1.165, 1.54) is 43.3 Å². The molecule has 0 saturated heterocycles. The van der Waals surface area contributed by atoms with Gasteiger partial charge in [0.05, 0.1) is 10.6 Å². The molecule has 11 heteroatoms. The zero-order valence-electron chi connectivity index (χ0n) is 17.5. The number of anilines is 2. The monoisotopic (exact) mass is 491 g/mol. The van der Waals surface area contributed by atoms with Gasteiger partial charge in [-0.1, -0.05) is 48.0 Å². The van der Waals surface area contributed by atoms with E-state index in [2.05, 4.69) is 15.6 Å². The number of hydrogen-bond acceptors (Lipinski definition) is 5. The Labute approximate surface area is 196 Å². The summed E-state index contributed by atoms with van der Waals surface area (Å²) in [6.45, 7) is 1.27. The highest BCUT2D eigenvalue weighted by molar-refractivity contribution is 6.31. The van der Waals surface area contributed by atoms with Gasteiger partial charge in [-0.25, -0.2) is 9.78 Å². The molecular formula is C23H17ClF3N3O4. The number of carbonyl (C=O) groups excluding carboxylic acids is 3. The molecule has 3 rings (SSSR count). The third-order valence-corrected chi connectivity index (χ3v) is 4.70. The molecule has 176 valence electrons. The van der Waals surface area contributed by atoms with Crippen molar-refractivity contribution in [3.8, 4) is 0 Å². The molecule has 0 aliphatic carbocycles. The zero-order valence-corrected chi connectivity index (χ0v) is 18.3. The topological polar surface area (TPSA) is 97.4 Å². The highest BCUT2D eigenvalue weighted by Gasteiger charge is 2.34. The Balaban J connectivity index is 1.87. The minimum Gasteiger partial charge on any atom is -0.443 e. The first-order valence-corrected chi connectivity index (χ1v) is 10.1. The normalized spacial score (nSPS) is 11.9. The van der Waals surface area contributed by atoms with Crippen molar-refractivity contribution < 1.29 is 32.3 Å². The molecule has 1 atom stereocenters. The van der Waals surface area contributed by atoms with Gasteiger partial charge in [0.25, 0.3) is 5.91 Å². The number of rotatable bonds is 6. The Bertz CT molecular complexity index is 1220. The number of ether oxygens (including phenoxy) is 1. The molecule has 3 aromatic rings. The Hall–Kier alpha value is -3.92. The number of esters is 1. The van der Waals surface area contributed by atoms with E-state index in [9.17, 15) is 27.6 Å². The molecule has 2 amide bonds. The molecule has 1 aromatic heterocycles. The molecular weight excluding hydrogens is 475 g/mol. The number of nitrogens with one attached hydrogen (secondary N) is 2. The maximum absolute atomic E-state index is 13.2. The summed E-state index contributed by atoms with van der Waals surface area (Å²) in [6, 6.07) is 15.0. The number of halogens is 4. The Morgan fingerprint density at radius 2 is 1.68 bits per heavy atom. The number of hydrogen-bond donors (Lipinski definition) is 2. The van der Waals surface area contributed by atoms with Gasteiger partial charge in [-0.15, -0.1) is 0 Å². The number of benzene rings is 2. The van der Waals surface area contributed by atoms with E-state index in [-0.39, 0.29) is 22.8 Å². The van der Waals surface area contributed by atoms with Crippen LogP contribution in [0.15, 0.2) is 66.7 Å². The molecule has 0 saturated carbocycles. The lowest BCUT2D eigenvalue weighted by molar-refractivity contribution is -0.137. The second-order valence-corrected chi connectivity index (χ2v) is 7.37. The van der Waals surface area contributed by atoms with Crippen LogP contribution in [-0.2, 0) is 20.5 Å². The van der Waals surface area contributed by atoms with Crippen LogP contribution in [0.3, 0.4) is 0 Å². The standard InChI is InChI=1S/C23H17ClF3N3O4/c1-13(31)28-19-9-5-8-18(30-19)22(33)34-20(14-6-3-2-4-7-14)21(32)29-15-10-11-17(24)16(12-15)23(25,26)27/h2-12,20H,1H3,(H,29,32)(H,28,30,31)/t20-/m0/s1. The average Bonchev–Trinajstić information content (AvgIpc) is 2.78. The molecule has 0 unspecified atom stereocenters. The number of aromatic nitrogens is 1. The summed E-state index contributed by atoms with van der Waals surface area (Å²) in [7, 11) is 0. The van der Waals surface area contributed by atoms with Crippen molar-refractivity contribution in [3.63, 3.8) is 0 Å². The van der Waals surface area contributed by atoms with Crippen LogP contribution in [0.4, 0.5) is 24.7 Å². The second-order valence-electron chi connectivity index (χ2n) is 6.97. The van der Waals surface area contributed by atoms with Gasteiger partial charge in [-0.05, 0) is 30.3 Å². The van der Waals surface area contributed by atoms with Crippen molar-refractivity contribution in [2.45, 2.75) is 19.2 Å². The average molecular weight is 492 g/mol. The minimum absolute atomic E-state index is 0.100. The molecule has 2 N–H and O–H groups in total. The summed E-state index contributed by atoms with van der Waals surface area (Å²) in [5, 5.41) is 4.22. The smallest absolute Gasteiger partial charge is 0.417 e. The third kappa shape index (κ3) is 6.32. The molecule has 0 aliphatic heterocycles.